The zero-order valence-corrected chi connectivity index (χ0v) is 10.6. The summed E-state index contributed by atoms with van der Waals surface area (Å²) in [6, 6.07) is 10.6. The van der Waals surface area contributed by atoms with Gasteiger partial charge in [-0.25, -0.2) is 0 Å². The summed E-state index contributed by atoms with van der Waals surface area (Å²) in [5.74, 6) is 1.06. The third-order valence-electron chi connectivity index (χ3n) is 4.17. The Morgan fingerprint density at radius 3 is 2.47 bits per heavy atom. The van der Waals surface area contributed by atoms with Crippen molar-refractivity contribution in [3.8, 4) is 0 Å². The number of methoxy groups -OCH3 is 1. The molecule has 1 fully saturated rings. The molecule has 0 N–H and O–H groups in total. The minimum atomic E-state index is -0.0946. The number of rotatable bonds is 2. The smallest absolute Gasteiger partial charge is 0.107 e. The Morgan fingerprint density at radius 2 is 1.88 bits per heavy atom. The van der Waals surface area contributed by atoms with Gasteiger partial charge < -0.3 is 4.74 Å². The standard InChI is InChI=1S/C16H18O/c1-11(2)13-9-10-14-15(13)16(14,17-3)12-7-5-4-6-8-12/h4-10,14-15H,1-3H3/t14-,15+,16-/m0/s1. The normalized spacial score (nSPS) is 33.7. The predicted molar refractivity (Wildman–Crippen MR) is 69.6 cm³/mol. The fourth-order valence-corrected chi connectivity index (χ4v) is 3.31. The zero-order chi connectivity index (χ0) is 12.0. The van der Waals surface area contributed by atoms with Gasteiger partial charge in [-0.05, 0) is 25.0 Å². The molecule has 0 unspecified atom stereocenters. The fourth-order valence-electron chi connectivity index (χ4n) is 3.31. The number of benzene rings is 1. The van der Waals surface area contributed by atoms with Crippen LogP contribution < -0.4 is 0 Å². The van der Waals surface area contributed by atoms with Crippen molar-refractivity contribution < 1.29 is 4.74 Å². The quantitative estimate of drug-likeness (QED) is 0.747. The third kappa shape index (κ3) is 1.29. The average molecular weight is 226 g/mol. The van der Waals surface area contributed by atoms with Crippen LogP contribution in [0.25, 0.3) is 0 Å². The molecule has 1 saturated carbocycles. The molecule has 0 spiro atoms. The van der Waals surface area contributed by atoms with Crippen molar-refractivity contribution in [2.45, 2.75) is 19.4 Å². The van der Waals surface area contributed by atoms with Crippen molar-refractivity contribution in [2.75, 3.05) is 7.11 Å². The molecule has 17 heavy (non-hydrogen) atoms. The van der Waals surface area contributed by atoms with E-state index in [1.807, 2.05) is 7.11 Å². The molecule has 3 atom stereocenters. The molecule has 1 nitrogen and oxygen atoms in total. The highest BCUT2D eigenvalue weighted by atomic mass is 16.5. The number of ether oxygens (including phenoxy) is 1. The Labute approximate surface area is 103 Å². The molecule has 1 aromatic carbocycles. The van der Waals surface area contributed by atoms with E-state index in [2.05, 4.69) is 56.3 Å². The molecule has 0 radical (unpaired) electrons. The van der Waals surface area contributed by atoms with E-state index in [-0.39, 0.29) is 5.60 Å². The van der Waals surface area contributed by atoms with E-state index >= 15 is 0 Å². The van der Waals surface area contributed by atoms with Crippen molar-refractivity contribution in [1.82, 2.24) is 0 Å². The van der Waals surface area contributed by atoms with Crippen LogP contribution in [-0.2, 0) is 10.3 Å². The highest BCUT2D eigenvalue weighted by Gasteiger charge is 2.68. The lowest BCUT2D eigenvalue weighted by molar-refractivity contribution is 0.0594. The summed E-state index contributed by atoms with van der Waals surface area (Å²) in [7, 11) is 1.84. The molecule has 3 rings (SSSR count). The van der Waals surface area contributed by atoms with Gasteiger partial charge in [-0.3, -0.25) is 0 Å². The van der Waals surface area contributed by atoms with Crippen LogP contribution in [0.3, 0.4) is 0 Å². The van der Waals surface area contributed by atoms with Crippen molar-refractivity contribution in [1.29, 1.82) is 0 Å². The lowest BCUT2D eigenvalue weighted by Gasteiger charge is -2.19. The van der Waals surface area contributed by atoms with Crippen LogP contribution in [0.15, 0.2) is 53.6 Å². The first-order chi connectivity index (χ1) is 8.21. The molecule has 0 saturated heterocycles. The van der Waals surface area contributed by atoms with Gasteiger partial charge in [0.1, 0.15) is 5.60 Å². The van der Waals surface area contributed by atoms with Crippen molar-refractivity contribution in [2.24, 2.45) is 11.8 Å². The molecule has 0 heterocycles. The molecule has 2 aliphatic rings. The van der Waals surface area contributed by atoms with Gasteiger partial charge in [0.15, 0.2) is 0 Å². The van der Waals surface area contributed by atoms with Crippen LogP contribution in [-0.4, -0.2) is 7.11 Å². The van der Waals surface area contributed by atoms with E-state index in [1.54, 1.807) is 0 Å². The van der Waals surface area contributed by atoms with Crippen molar-refractivity contribution in [3.05, 3.63) is 59.2 Å². The minimum Gasteiger partial charge on any atom is -0.372 e. The molecular weight excluding hydrogens is 208 g/mol. The molecule has 2 aliphatic carbocycles. The van der Waals surface area contributed by atoms with Crippen LogP contribution in [0.4, 0.5) is 0 Å². The van der Waals surface area contributed by atoms with Crippen LogP contribution >= 0.6 is 0 Å². The second kappa shape index (κ2) is 3.58. The van der Waals surface area contributed by atoms with Crippen LogP contribution in [0.1, 0.15) is 19.4 Å². The van der Waals surface area contributed by atoms with Crippen molar-refractivity contribution >= 4 is 0 Å². The molecule has 0 aromatic heterocycles. The number of fused-ring (bicyclic) bond motifs is 1. The van der Waals surface area contributed by atoms with Crippen LogP contribution in [0.5, 0.6) is 0 Å². The van der Waals surface area contributed by atoms with Gasteiger partial charge >= 0.3 is 0 Å². The summed E-state index contributed by atoms with van der Waals surface area (Å²) >= 11 is 0. The molecule has 0 amide bonds. The summed E-state index contributed by atoms with van der Waals surface area (Å²) in [5, 5.41) is 0. The van der Waals surface area contributed by atoms with E-state index in [4.69, 9.17) is 4.74 Å². The largest absolute Gasteiger partial charge is 0.372 e. The summed E-state index contributed by atoms with van der Waals surface area (Å²) < 4.78 is 5.90. The highest BCUT2D eigenvalue weighted by Crippen LogP contribution is 2.67. The average Bonchev–Trinajstić information content (AvgIpc) is 2.77. The third-order valence-corrected chi connectivity index (χ3v) is 4.17. The van der Waals surface area contributed by atoms with Gasteiger partial charge in [0.25, 0.3) is 0 Å². The van der Waals surface area contributed by atoms with Gasteiger partial charge in [-0.15, -0.1) is 0 Å². The minimum absolute atomic E-state index is 0.0946. The SMILES string of the molecule is CO[C@]1(c2ccccc2)[C@@H]2C(=C(C)C)C=C[C@@H]21. The molecule has 1 aromatic rings. The van der Waals surface area contributed by atoms with Gasteiger partial charge in [0.05, 0.1) is 0 Å². The summed E-state index contributed by atoms with van der Waals surface area (Å²) in [6.45, 7) is 4.37. The van der Waals surface area contributed by atoms with E-state index in [9.17, 15) is 0 Å². The van der Waals surface area contributed by atoms with Gasteiger partial charge in [-0.1, -0.05) is 48.1 Å². The summed E-state index contributed by atoms with van der Waals surface area (Å²) in [5.41, 5.74) is 4.08. The maximum atomic E-state index is 5.90. The van der Waals surface area contributed by atoms with Gasteiger partial charge in [0.2, 0.25) is 0 Å². The molecule has 88 valence electrons. The summed E-state index contributed by atoms with van der Waals surface area (Å²) in [6.07, 6.45) is 4.58. The van der Waals surface area contributed by atoms with Gasteiger partial charge in [-0.2, -0.15) is 0 Å². The Morgan fingerprint density at radius 1 is 1.18 bits per heavy atom. The lowest BCUT2D eigenvalue weighted by atomic mass is 9.97. The van der Waals surface area contributed by atoms with E-state index < -0.39 is 0 Å². The Balaban J connectivity index is 2.05. The van der Waals surface area contributed by atoms with E-state index in [0.29, 0.717) is 11.8 Å². The monoisotopic (exact) mass is 226 g/mol. The summed E-state index contributed by atoms with van der Waals surface area (Å²) in [4.78, 5) is 0. The van der Waals surface area contributed by atoms with Gasteiger partial charge in [0, 0.05) is 18.9 Å². The number of hydrogen-bond acceptors (Lipinski definition) is 1. The first-order valence-electron chi connectivity index (χ1n) is 6.18. The fraction of sp³-hybridized carbons (Fsp3) is 0.375. The second-order valence-electron chi connectivity index (χ2n) is 5.18. The Bertz CT molecular complexity index is 494. The first kappa shape index (κ1) is 10.8. The van der Waals surface area contributed by atoms with Crippen LogP contribution in [0.2, 0.25) is 0 Å². The molecule has 0 aliphatic heterocycles. The maximum absolute atomic E-state index is 5.90. The maximum Gasteiger partial charge on any atom is 0.107 e. The molecule has 1 heteroatoms. The highest BCUT2D eigenvalue weighted by molar-refractivity contribution is 5.51. The molecular formula is C16H18O. The van der Waals surface area contributed by atoms with E-state index in [1.165, 1.54) is 16.7 Å². The van der Waals surface area contributed by atoms with E-state index in [0.717, 1.165) is 0 Å². The topological polar surface area (TPSA) is 9.23 Å². The first-order valence-corrected chi connectivity index (χ1v) is 6.18. The Kier molecular flexibility index (Phi) is 2.27. The molecule has 0 bridgehead atoms. The number of hydrogen-bond donors (Lipinski definition) is 0. The zero-order valence-electron chi connectivity index (χ0n) is 10.6. The Hall–Kier alpha value is -1.34. The predicted octanol–water partition coefficient (Wildman–Crippen LogP) is 3.68. The second-order valence-corrected chi connectivity index (χ2v) is 5.18. The number of allylic oxidation sites excluding steroid dienone is 2. The lowest BCUT2D eigenvalue weighted by Crippen LogP contribution is -2.16. The van der Waals surface area contributed by atoms with Crippen molar-refractivity contribution in [3.63, 3.8) is 0 Å². The van der Waals surface area contributed by atoms with Crippen LogP contribution in [0, 0.1) is 11.8 Å².